The summed E-state index contributed by atoms with van der Waals surface area (Å²) in [5.41, 5.74) is 7.31. The summed E-state index contributed by atoms with van der Waals surface area (Å²) in [6.07, 6.45) is 4.33. The minimum atomic E-state index is 0.379. The number of aliphatic imine (C=N–C) groups is 1. The van der Waals surface area contributed by atoms with Crippen LogP contribution in [-0.4, -0.2) is 22.4 Å². The second kappa shape index (κ2) is 5.24. The van der Waals surface area contributed by atoms with Crippen LogP contribution in [0, 0.1) is 0 Å². The van der Waals surface area contributed by atoms with Crippen LogP contribution in [0.4, 0.5) is 0 Å². The Balaban J connectivity index is 1.66. The molecule has 1 aromatic rings. The molecule has 3 rings (SSSR count). The molecule has 3 atom stereocenters. The highest BCUT2D eigenvalue weighted by atomic mass is 35.5. The van der Waals surface area contributed by atoms with Gasteiger partial charge in [0.25, 0.3) is 0 Å². The molecule has 0 spiro atoms. The molecule has 1 saturated carbocycles. The molecular formula is C14H17ClN2S. The zero-order valence-corrected chi connectivity index (χ0v) is 11.8. The lowest BCUT2D eigenvalue weighted by molar-refractivity contribution is 0.411. The van der Waals surface area contributed by atoms with Crippen molar-refractivity contribution in [3.8, 4) is 0 Å². The fourth-order valence-corrected chi connectivity index (χ4v) is 4.29. The standard InChI is InChI=1S/C14H17ClN2S/c15-10-3-1-9(2-4-10)7-14-17-12-6-5-11(16)8-13(12)18-14/h1-4,11-13H,5-8,16H2. The summed E-state index contributed by atoms with van der Waals surface area (Å²) >= 11 is 7.83. The second-order valence-electron chi connectivity index (χ2n) is 5.12. The van der Waals surface area contributed by atoms with E-state index in [0.717, 1.165) is 30.7 Å². The molecule has 1 aromatic carbocycles. The van der Waals surface area contributed by atoms with Crippen molar-refractivity contribution in [2.45, 2.75) is 43.0 Å². The molecule has 0 radical (unpaired) electrons. The Labute approximate surface area is 117 Å². The molecule has 1 aliphatic carbocycles. The Kier molecular flexibility index (Phi) is 3.64. The Morgan fingerprint density at radius 1 is 1.28 bits per heavy atom. The molecule has 0 bridgehead atoms. The number of rotatable bonds is 2. The summed E-state index contributed by atoms with van der Waals surface area (Å²) < 4.78 is 0. The number of hydrogen-bond donors (Lipinski definition) is 1. The first kappa shape index (κ1) is 12.5. The maximum Gasteiger partial charge on any atom is 0.0727 e. The van der Waals surface area contributed by atoms with Gasteiger partial charge < -0.3 is 5.73 Å². The summed E-state index contributed by atoms with van der Waals surface area (Å²) in [5.74, 6) is 0. The number of fused-ring (bicyclic) bond motifs is 1. The first-order valence-corrected chi connectivity index (χ1v) is 7.70. The predicted molar refractivity (Wildman–Crippen MR) is 79.6 cm³/mol. The van der Waals surface area contributed by atoms with Gasteiger partial charge in [-0.2, -0.15) is 0 Å². The number of thioether (sulfide) groups is 1. The number of hydrogen-bond acceptors (Lipinski definition) is 3. The molecule has 1 heterocycles. The van der Waals surface area contributed by atoms with Crippen LogP contribution < -0.4 is 5.73 Å². The molecule has 2 N–H and O–H groups in total. The average molecular weight is 281 g/mol. The van der Waals surface area contributed by atoms with E-state index in [2.05, 4.69) is 12.1 Å². The summed E-state index contributed by atoms with van der Waals surface area (Å²) in [5, 5.41) is 2.68. The van der Waals surface area contributed by atoms with Crippen molar-refractivity contribution < 1.29 is 0 Å². The Hall–Kier alpha value is -0.510. The quantitative estimate of drug-likeness (QED) is 0.903. The summed E-state index contributed by atoms with van der Waals surface area (Å²) in [4.78, 5) is 4.85. The van der Waals surface area contributed by atoms with E-state index in [-0.39, 0.29) is 0 Å². The molecule has 2 nitrogen and oxygen atoms in total. The zero-order valence-electron chi connectivity index (χ0n) is 10.2. The van der Waals surface area contributed by atoms with Crippen molar-refractivity contribution in [3.05, 3.63) is 34.9 Å². The maximum absolute atomic E-state index is 6.03. The highest BCUT2D eigenvalue weighted by Gasteiger charge is 2.34. The van der Waals surface area contributed by atoms with Gasteiger partial charge in [-0.25, -0.2) is 0 Å². The molecule has 0 amide bonds. The third-order valence-electron chi connectivity index (χ3n) is 3.66. The van der Waals surface area contributed by atoms with Crippen molar-refractivity contribution >= 4 is 28.4 Å². The van der Waals surface area contributed by atoms with Crippen molar-refractivity contribution in [1.82, 2.24) is 0 Å². The van der Waals surface area contributed by atoms with E-state index in [9.17, 15) is 0 Å². The molecule has 0 aromatic heterocycles. The minimum absolute atomic E-state index is 0.379. The van der Waals surface area contributed by atoms with Crippen LogP contribution in [0.3, 0.4) is 0 Å². The van der Waals surface area contributed by atoms with Crippen LogP contribution in [0.5, 0.6) is 0 Å². The highest BCUT2D eigenvalue weighted by Crippen LogP contribution is 2.37. The number of halogens is 1. The largest absolute Gasteiger partial charge is 0.328 e. The molecule has 18 heavy (non-hydrogen) atoms. The van der Waals surface area contributed by atoms with E-state index in [1.165, 1.54) is 10.6 Å². The molecule has 2 aliphatic rings. The maximum atomic E-state index is 6.03. The van der Waals surface area contributed by atoms with Crippen molar-refractivity contribution in [1.29, 1.82) is 0 Å². The lowest BCUT2D eigenvalue weighted by atomic mass is 9.92. The molecule has 96 valence electrons. The second-order valence-corrected chi connectivity index (χ2v) is 6.87. The van der Waals surface area contributed by atoms with E-state index < -0.39 is 0 Å². The van der Waals surface area contributed by atoms with Gasteiger partial charge in [-0.15, -0.1) is 11.8 Å². The van der Waals surface area contributed by atoms with Crippen molar-refractivity contribution in [2.75, 3.05) is 0 Å². The average Bonchev–Trinajstić information content (AvgIpc) is 2.73. The van der Waals surface area contributed by atoms with E-state index in [1.54, 1.807) is 0 Å². The molecule has 1 aliphatic heterocycles. The summed E-state index contributed by atoms with van der Waals surface area (Å²) in [6.45, 7) is 0. The molecular weight excluding hydrogens is 264 g/mol. The monoisotopic (exact) mass is 280 g/mol. The van der Waals surface area contributed by atoms with Crippen LogP contribution in [-0.2, 0) is 6.42 Å². The van der Waals surface area contributed by atoms with E-state index in [1.807, 2.05) is 23.9 Å². The van der Waals surface area contributed by atoms with Crippen LogP contribution in [0.25, 0.3) is 0 Å². The van der Waals surface area contributed by atoms with Crippen molar-refractivity contribution in [3.63, 3.8) is 0 Å². The van der Waals surface area contributed by atoms with Gasteiger partial charge in [0.1, 0.15) is 0 Å². The molecule has 4 heteroatoms. The van der Waals surface area contributed by atoms with Gasteiger partial charge in [0.15, 0.2) is 0 Å². The van der Waals surface area contributed by atoms with Gasteiger partial charge in [-0.3, -0.25) is 4.99 Å². The normalized spacial score (nSPS) is 31.0. The van der Waals surface area contributed by atoms with Gasteiger partial charge in [-0.1, -0.05) is 23.7 Å². The topological polar surface area (TPSA) is 38.4 Å². The van der Waals surface area contributed by atoms with Crippen molar-refractivity contribution in [2.24, 2.45) is 10.7 Å². The Morgan fingerprint density at radius 3 is 2.83 bits per heavy atom. The third kappa shape index (κ3) is 2.73. The minimum Gasteiger partial charge on any atom is -0.328 e. The molecule has 0 saturated heterocycles. The first-order chi connectivity index (χ1) is 8.70. The molecule has 1 fully saturated rings. The number of nitrogens with two attached hydrogens (primary N) is 1. The highest BCUT2D eigenvalue weighted by molar-refractivity contribution is 8.14. The van der Waals surface area contributed by atoms with Gasteiger partial charge in [0.05, 0.1) is 11.1 Å². The van der Waals surface area contributed by atoms with E-state index in [4.69, 9.17) is 22.3 Å². The fourth-order valence-electron chi connectivity index (χ4n) is 2.67. The Morgan fingerprint density at radius 2 is 2.06 bits per heavy atom. The zero-order chi connectivity index (χ0) is 12.5. The number of benzene rings is 1. The van der Waals surface area contributed by atoms with Gasteiger partial charge in [0, 0.05) is 22.7 Å². The molecule has 3 unspecified atom stereocenters. The van der Waals surface area contributed by atoms with E-state index >= 15 is 0 Å². The van der Waals surface area contributed by atoms with Crippen LogP contribution in [0.1, 0.15) is 24.8 Å². The van der Waals surface area contributed by atoms with Crippen LogP contribution in [0.15, 0.2) is 29.3 Å². The Bertz CT molecular complexity index is 457. The predicted octanol–water partition coefficient (Wildman–Crippen LogP) is 3.28. The third-order valence-corrected chi connectivity index (χ3v) is 5.25. The first-order valence-electron chi connectivity index (χ1n) is 6.44. The van der Waals surface area contributed by atoms with Crippen LogP contribution in [0.2, 0.25) is 5.02 Å². The van der Waals surface area contributed by atoms with Gasteiger partial charge in [-0.05, 0) is 37.0 Å². The van der Waals surface area contributed by atoms with Gasteiger partial charge in [0.2, 0.25) is 0 Å². The fraction of sp³-hybridized carbons (Fsp3) is 0.500. The summed E-state index contributed by atoms with van der Waals surface area (Å²) in [7, 11) is 0. The van der Waals surface area contributed by atoms with E-state index in [0.29, 0.717) is 17.3 Å². The number of nitrogens with zero attached hydrogens (tertiary/aromatic N) is 1. The SMILES string of the molecule is NC1CCC2N=C(Cc3ccc(Cl)cc3)SC2C1. The lowest BCUT2D eigenvalue weighted by Gasteiger charge is -2.27. The summed E-state index contributed by atoms with van der Waals surface area (Å²) in [6, 6.07) is 8.94. The van der Waals surface area contributed by atoms with Crippen LogP contribution >= 0.6 is 23.4 Å². The smallest absolute Gasteiger partial charge is 0.0727 e. The lowest BCUT2D eigenvalue weighted by Crippen LogP contribution is -2.35. The van der Waals surface area contributed by atoms with Gasteiger partial charge >= 0.3 is 0 Å².